The van der Waals surface area contributed by atoms with Gasteiger partial charge in [0.25, 0.3) is 0 Å². The molecule has 0 radical (unpaired) electrons. The van der Waals surface area contributed by atoms with Crippen molar-refractivity contribution in [3.63, 3.8) is 0 Å². The number of anilines is 1. The Hall–Kier alpha value is -4.08. The molecule has 2 fully saturated rings. The average molecular weight is 435 g/mol. The Balaban J connectivity index is 1.35. The topological polar surface area (TPSA) is 117 Å². The average Bonchev–Trinajstić information content (AvgIpc) is 3.48. The molecule has 2 aliphatic heterocycles. The molecule has 9 nitrogen and oxygen atoms in total. The second-order valence-corrected chi connectivity index (χ2v) is 7.70. The van der Waals surface area contributed by atoms with Gasteiger partial charge in [0.2, 0.25) is 11.8 Å². The van der Waals surface area contributed by atoms with Gasteiger partial charge in [0.15, 0.2) is 0 Å². The maximum Gasteiger partial charge on any atom is 0.414 e. The number of carbonyl (C=O) groups is 3. The number of hydrogen-bond acceptors (Lipinski definition) is 6. The minimum absolute atomic E-state index is 0.0823. The van der Waals surface area contributed by atoms with Crippen LogP contribution in [0.1, 0.15) is 12.8 Å². The number of H-pyrrole nitrogens is 1. The van der Waals surface area contributed by atoms with Crippen LogP contribution < -0.4 is 10.2 Å². The molecule has 2 unspecified atom stereocenters. The second kappa shape index (κ2) is 7.88. The van der Waals surface area contributed by atoms with E-state index in [-0.39, 0.29) is 36.8 Å². The van der Waals surface area contributed by atoms with Crippen molar-refractivity contribution >= 4 is 23.6 Å². The standard InChI is InChI=1S/C22H18FN5O4/c23-17-9-13(28-11-14(32-22(28)31)7-12-8-19(29)26-21(12)30)4-5-15(17)20-16(10-25-27-20)18-3-1-2-6-24-18/h1-6,9-10,12,14H,7-8,11H2,(H,25,27)(H,26,29,30). The number of amides is 3. The van der Waals surface area contributed by atoms with E-state index in [9.17, 15) is 14.4 Å². The van der Waals surface area contributed by atoms with Crippen LogP contribution in [0.5, 0.6) is 0 Å². The predicted octanol–water partition coefficient (Wildman–Crippen LogP) is 2.66. The van der Waals surface area contributed by atoms with Crippen LogP contribution in [0, 0.1) is 11.7 Å². The fraction of sp³-hybridized carbons (Fsp3) is 0.227. The normalized spacial score (nSPS) is 20.5. The first kappa shape index (κ1) is 19.9. The van der Waals surface area contributed by atoms with Crippen LogP contribution in [0.2, 0.25) is 0 Å². The van der Waals surface area contributed by atoms with E-state index in [2.05, 4.69) is 20.5 Å². The lowest BCUT2D eigenvalue weighted by molar-refractivity contribution is -0.126. The number of aromatic amines is 1. The van der Waals surface area contributed by atoms with Gasteiger partial charge in [-0.1, -0.05) is 6.07 Å². The Kier molecular flexibility index (Phi) is 4.89. The molecule has 2 aromatic heterocycles. The number of rotatable bonds is 5. The van der Waals surface area contributed by atoms with Crippen LogP contribution in [-0.4, -0.2) is 45.7 Å². The molecule has 162 valence electrons. The number of benzene rings is 1. The predicted molar refractivity (Wildman–Crippen MR) is 111 cm³/mol. The Labute approximate surface area is 181 Å². The summed E-state index contributed by atoms with van der Waals surface area (Å²) >= 11 is 0. The van der Waals surface area contributed by atoms with E-state index in [4.69, 9.17) is 4.74 Å². The number of nitrogens with zero attached hydrogens (tertiary/aromatic N) is 3. The number of nitrogens with one attached hydrogen (secondary N) is 2. The number of carbonyl (C=O) groups excluding carboxylic acids is 3. The molecular weight excluding hydrogens is 417 g/mol. The molecule has 3 amide bonds. The largest absolute Gasteiger partial charge is 0.444 e. The molecule has 32 heavy (non-hydrogen) atoms. The van der Waals surface area contributed by atoms with Crippen LogP contribution in [0.3, 0.4) is 0 Å². The number of aromatic nitrogens is 3. The molecule has 0 saturated carbocycles. The number of hydrogen-bond donors (Lipinski definition) is 2. The van der Waals surface area contributed by atoms with E-state index in [0.717, 1.165) is 0 Å². The molecule has 2 N–H and O–H groups in total. The molecule has 2 saturated heterocycles. The number of ether oxygens (including phenoxy) is 1. The first-order valence-electron chi connectivity index (χ1n) is 10.1. The number of cyclic esters (lactones) is 1. The molecule has 0 spiro atoms. The summed E-state index contributed by atoms with van der Waals surface area (Å²) in [7, 11) is 0. The van der Waals surface area contributed by atoms with Crippen molar-refractivity contribution in [2.45, 2.75) is 18.9 Å². The lowest BCUT2D eigenvalue weighted by Crippen LogP contribution is -2.27. The van der Waals surface area contributed by atoms with Gasteiger partial charge in [0.05, 0.1) is 35.7 Å². The van der Waals surface area contributed by atoms with E-state index in [1.807, 2.05) is 6.07 Å². The van der Waals surface area contributed by atoms with Gasteiger partial charge < -0.3 is 4.74 Å². The third kappa shape index (κ3) is 3.59. The second-order valence-electron chi connectivity index (χ2n) is 7.70. The molecule has 0 aliphatic carbocycles. The van der Waals surface area contributed by atoms with E-state index >= 15 is 4.39 Å². The molecule has 2 atom stereocenters. The molecular formula is C22H18FN5O4. The Morgan fingerprint density at radius 1 is 1.16 bits per heavy atom. The van der Waals surface area contributed by atoms with E-state index in [0.29, 0.717) is 22.6 Å². The summed E-state index contributed by atoms with van der Waals surface area (Å²) < 4.78 is 20.4. The smallest absolute Gasteiger partial charge is 0.414 e. The van der Waals surface area contributed by atoms with Gasteiger partial charge >= 0.3 is 6.09 Å². The van der Waals surface area contributed by atoms with E-state index < -0.39 is 23.9 Å². The summed E-state index contributed by atoms with van der Waals surface area (Å²) in [5.74, 6) is -1.75. The third-order valence-electron chi connectivity index (χ3n) is 5.60. The molecule has 3 aromatic rings. The summed E-state index contributed by atoms with van der Waals surface area (Å²) in [6, 6.07) is 9.87. The zero-order valence-corrected chi connectivity index (χ0v) is 16.7. The maximum absolute atomic E-state index is 15.1. The molecule has 2 aliphatic rings. The minimum atomic E-state index is -0.623. The van der Waals surface area contributed by atoms with Crippen molar-refractivity contribution in [1.29, 1.82) is 0 Å². The number of pyridine rings is 1. The van der Waals surface area contributed by atoms with Crippen LogP contribution in [-0.2, 0) is 14.3 Å². The third-order valence-corrected chi connectivity index (χ3v) is 5.60. The van der Waals surface area contributed by atoms with E-state index in [1.54, 1.807) is 36.7 Å². The van der Waals surface area contributed by atoms with Crippen molar-refractivity contribution in [3.8, 4) is 22.5 Å². The summed E-state index contributed by atoms with van der Waals surface area (Å²) in [6.07, 6.45) is 2.36. The first-order chi connectivity index (χ1) is 15.5. The molecule has 10 heteroatoms. The van der Waals surface area contributed by atoms with Gasteiger partial charge in [-0.15, -0.1) is 0 Å². The maximum atomic E-state index is 15.1. The van der Waals surface area contributed by atoms with Crippen molar-refractivity contribution in [2.75, 3.05) is 11.4 Å². The SMILES string of the molecule is O=C1CC(CC2CN(c3ccc(-c4[nH]ncc4-c4ccccn4)c(F)c3)C(=O)O2)C(=O)N1. The van der Waals surface area contributed by atoms with Gasteiger partial charge in [-0.25, -0.2) is 9.18 Å². The molecule has 5 rings (SSSR count). The lowest BCUT2D eigenvalue weighted by atomic mass is 10.00. The number of imide groups is 1. The van der Waals surface area contributed by atoms with Crippen LogP contribution >= 0.6 is 0 Å². The van der Waals surface area contributed by atoms with Crippen molar-refractivity contribution in [2.24, 2.45) is 5.92 Å². The summed E-state index contributed by atoms with van der Waals surface area (Å²) in [5.41, 5.74) is 2.41. The molecule has 4 heterocycles. The van der Waals surface area contributed by atoms with Crippen LogP contribution in [0.15, 0.2) is 48.8 Å². The minimum Gasteiger partial charge on any atom is -0.444 e. The lowest BCUT2D eigenvalue weighted by Gasteiger charge is -2.15. The van der Waals surface area contributed by atoms with Crippen LogP contribution in [0.4, 0.5) is 14.9 Å². The highest BCUT2D eigenvalue weighted by Crippen LogP contribution is 2.34. The first-order valence-corrected chi connectivity index (χ1v) is 10.1. The van der Waals surface area contributed by atoms with Crippen LogP contribution in [0.25, 0.3) is 22.5 Å². The summed E-state index contributed by atoms with van der Waals surface area (Å²) in [6.45, 7) is 0.166. The monoisotopic (exact) mass is 435 g/mol. The van der Waals surface area contributed by atoms with Gasteiger partial charge in [-0.2, -0.15) is 5.10 Å². The summed E-state index contributed by atoms with van der Waals surface area (Å²) in [4.78, 5) is 41.1. The Morgan fingerprint density at radius 3 is 2.75 bits per heavy atom. The van der Waals surface area contributed by atoms with Crippen molar-refractivity contribution in [3.05, 3.63) is 54.6 Å². The zero-order valence-electron chi connectivity index (χ0n) is 16.7. The Morgan fingerprint density at radius 2 is 2.03 bits per heavy atom. The van der Waals surface area contributed by atoms with Gasteiger partial charge in [0.1, 0.15) is 11.9 Å². The highest BCUT2D eigenvalue weighted by atomic mass is 19.1. The summed E-state index contributed by atoms with van der Waals surface area (Å²) in [5, 5.41) is 9.08. The quantitative estimate of drug-likeness (QED) is 0.595. The van der Waals surface area contributed by atoms with Gasteiger partial charge in [0, 0.05) is 23.7 Å². The zero-order chi connectivity index (χ0) is 22.2. The highest BCUT2D eigenvalue weighted by molar-refractivity contribution is 6.03. The molecule has 0 bridgehead atoms. The fourth-order valence-electron chi connectivity index (χ4n) is 4.05. The van der Waals surface area contributed by atoms with Crippen molar-refractivity contribution in [1.82, 2.24) is 20.5 Å². The Bertz CT molecular complexity index is 1210. The fourth-order valence-corrected chi connectivity index (χ4v) is 4.05. The van der Waals surface area contributed by atoms with Crippen molar-refractivity contribution < 1.29 is 23.5 Å². The van der Waals surface area contributed by atoms with E-state index in [1.165, 1.54) is 11.0 Å². The van der Waals surface area contributed by atoms with Gasteiger partial charge in [-0.3, -0.25) is 29.9 Å². The highest BCUT2D eigenvalue weighted by Gasteiger charge is 2.39. The van der Waals surface area contributed by atoms with Gasteiger partial charge in [-0.05, 0) is 36.8 Å². The number of halogens is 1. The molecule has 1 aromatic carbocycles.